The van der Waals surface area contributed by atoms with E-state index < -0.39 is 0 Å². The summed E-state index contributed by atoms with van der Waals surface area (Å²) in [5.74, 6) is 0.260. The van der Waals surface area contributed by atoms with Crippen molar-refractivity contribution < 1.29 is 14.0 Å². The summed E-state index contributed by atoms with van der Waals surface area (Å²) < 4.78 is 13.0. The van der Waals surface area contributed by atoms with E-state index in [-0.39, 0.29) is 36.3 Å². The molecule has 3 heterocycles. The molecule has 4 rings (SSSR count). The minimum atomic E-state index is -0.361. The third-order valence-corrected chi connectivity index (χ3v) is 5.93. The van der Waals surface area contributed by atoms with Crippen LogP contribution in [0.4, 0.5) is 10.1 Å². The zero-order chi connectivity index (χ0) is 22.1. The van der Waals surface area contributed by atoms with Crippen LogP contribution >= 0.6 is 0 Å². The predicted molar refractivity (Wildman–Crippen MR) is 116 cm³/mol. The van der Waals surface area contributed by atoms with Gasteiger partial charge in [-0.3, -0.25) is 24.4 Å². The van der Waals surface area contributed by atoms with E-state index in [1.54, 1.807) is 22.0 Å². The third-order valence-electron chi connectivity index (χ3n) is 5.93. The van der Waals surface area contributed by atoms with Crippen molar-refractivity contribution in [2.75, 3.05) is 51.6 Å². The van der Waals surface area contributed by atoms with Crippen molar-refractivity contribution in [2.45, 2.75) is 25.9 Å². The van der Waals surface area contributed by atoms with Crippen molar-refractivity contribution in [1.29, 1.82) is 0 Å². The SMILES string of the molecule is CCN1C(=O)[C@@H]2[C@@H](N=C1N1CCN(CC(=O)Nc3ccc(F)cc3)CC1)C(C)=NN2C. The maximum absolute atomic E-state index is 13.1. The highest BCUT2D eigenvalue weighted by Gasteiger charge is 2.46. The van der Waals surface area contributed by atoms with Crippen LogP contribution in [-0.4, -0.2) is 102 Å². The number of fused-ring (bicyclic) bond motifs is 1. The fourth-order valence-electron chi connectivity index (χ4n) is 4.31. The maximum atomic E-state index is 13.1. The number of piperazine rings is 1. The van der Waals surface area contributed by atoms with Gasteiger partial charge in [0.1, 0.15) is 11.9 Å². The van der Waals surface area contributed by atoms with Crippen molar-refractivity contribution >= 4 is 29.2 Å². The van der Waals surface area contributed by atoms with Gasteiger partial charge in [-0.1, -0.05) is 0 Å². The Bertz CT molecular complexity index is 909. The van der Waals surface area contributed by atoms with Gasteiger partial charge < -0.3 is 10.2 Å². The molecule has 166 valence electrons. The first kappa shape index (κ1) is 21.2. The summed E-state index contributed by atoms with van der Waals surface area (Å²) >= 11 is 0. The van der Waals surface area contributed by atoms with Crippen LogP contribution in [0.25, 0.3) is 0 Å². The molecule has 0 bridgehead atoms. The molecule has 9 nitrogen and oxygen atoms in total. The fourth-order valence-corrected chi connectivity index (χ4v) is 4.31. The lowest BCUT2D eigenvalue weighted by atomic mass is 10.0. The van der Waals surface area contributed by atoms with Gasteiger partial charge in [0.15, 0.2) is 6.04 Å². The Kier molecular flexibility index (Phi) is 5.90. The molecular formula is C21H28FN7O2. The Morgan fingerprint density at radius 1 is 1.19 bits per heavy atom. The number of amides is 2. The van der Waals surface area contributed by atoms with Gasteiger partial charge in [0.2, 0.25) is 11.9 Å². The smallest absolute Gasteiger partial charge is 0.256 e. The molecule has 1 aromatic carbocycles. The van der Waals surface area contributed by atoms with Gasteiger partial charge in [-0.05, 0) is 38.1 Å². The summed E-state index contributed by atoms with van der Waals surface area (Å²) in [5.41, 5.74) is 1.43. The Balaban J connectivity index is 1.36. The summed E-state index contributed by atoms with van der Waals surface area (Å²) in [5, 5.41) is 8.92. The number of carbonyl (C=O) groups excluding carboxylic acids is 2. The Labute approximate surface area is 181 Å². The summed E-state index contributed by atoms with van der Waals surface area (Å²) in [6.07, 6.45) is 0. The van der Waals surface area contributed by atoms with Crippen LogP contribution in [-0.2, 0) is 9.59 Å². The third kappa shape index (κ3) is 4.25. The van der Waals surface area contributed by atoms with E-state index >= 15 is 0 Å². The zero-order valence-electron chi connectivity index (χ0n) is 18.1. The molecule has 3 aliphatic heterocycles. The number of guanidine groups is 1. The van der Waals surface area contributed by atoms with E-state index in [1.807, 2.05) is 20.9 Å². The number of hydrogen-bond donors (Lipinski definition) is 1. The van der Waals surface area contributed by atoms with E-state index in [1.165, 1.54) is 12.1 Å². The molecule has 2 atom stereocenters. The van der Waals surface area contributed by atoms with Crippen molar-refractivity contribution in [3.8, 4) is 0 Å². The van der Waals surface area contributed by atoms with Gasteiger partial charge >= 0.3 is 0 Å². The molecule has 1 fully saturated rings. The second kappa shape index (κ2) is 8.62. The van der Waals surface area contributed by atoms with Crippen molar-refractivity contribution in [1.82, 2.24) is 19.7 Å². The molecular weight excluding hydrogens is 401 g/mol. The molecule has 1 aromatic rings. The van der Waals surface area contributed by atoms with Crippen LogP contribution in [0.1, 0.15) is 13.8 Å². The second-order valence-corrected chi connectivity index (χ2v) is 8.03. The predicted octanol–water partition coefficient (Wildman–Crippen LogP) is 0.658. The van der Waals surface area contributed by atoms with E-state index in [9.17, 15) is 14.0 Å². The molecule has 0 aliphatic carbocycles. The van der Waals surface area contributed by atoms with E-state index in [0.717, 1.165) is 5.71 Å². The Morgan fingerprint density at radius 2 is 1.87 bits per heavy atom. The van der Waals surface area contributed by atoms with Crippen molar-refractivity contribution in [3.63, 3.8) is 0 Å². The van der Waals surface area contributed by atoms with Crippen LogP contribution in [0.15, 0.2) is 34.4 Å². The van der Waals surface area contributed by atoms with Crippen LogP contribution in [0.5, 0.6) is 0 Å². The van der Waals surface area contributed by atoms with Crippen molar-refractivity contribution in [2.24, 2.45) is 10.1 Å². The number of nitrogens with one attached hydrogen (secondary N) is 1. The van der Waals surface area contributed by atoms with Gasteiger partial charge in [-0.15, -0.1) is 0 Å². The molecule has 0 unspecified atom stereocenters. The quantitative estimate of drug-likeness (QED) is 0.760. The molecule has 10 heteroatoms. The number of aliphatic imine (C=N–C) groups is 1. The van der Waals surface area contributed by atoms with Gasteiger partial charge in [0, 0.05) is 45.5 Å². The van der Waals surface area contributed by atoms with Crippen LogP contribution in [0.2, 0.25) is 0 Å². The summed E-state index contributed by atoms with van der Waals surface area (Å²) in [4.78, 5) is 36.2. The highest BCUT2D eigenvalue weighted by atomic mass is 19.1. The fraction of sp³-hybridized carbons (Fsp3) is 0.524. The number of hydrogen-bond acceptors (Lipinski definition) is 7. The summed E-state index contributed by atoms with van der Waals surface area (Å²) in [6, 6.07) is 5.12. The summed E-state index contributed by atoms with van der Waals surface area (Å²) in [6.45, 7) is 7.39. The first-order valence-corrected chi connectivity index (χ1v) is 10.6. The second-order valence-electron chi connectivity index (χ2n) is 8.03. The van der Waals surface area contributed by atoms with Gasteiger partial charge in [0.05, 0.1) is 12.3 Å². The Morgan fingerprint density at radius 3 is 2.52 bits per heavy atom. The minimum Gasteiger partial charge on any atom is -0.340 e. The van der Waals surface area contributed by atoms with E-state index in [0.29, 0.717) is 44.4 Å². The first-order valence-electron chi connectivity index (χ1n) is 10.6. The largest absolute Gasteiger partial charge is 0.340 e. The molecule has 0 spiro atoms. The van der Waals surface area contributed by atoms with Crippen LogP contribution in [0.3, 0.4) is 0 Å². The number of halogens is 1. The number of nitrogens with zero attached hydrogens (tertiary/aromatic N) is 6. The monoisotopic (exact) mass is 429 g/mol. The van der Waals surface area contributed by atoms with Crippen molar-refractivity contribution in [3.05, 3.63) is 30.1 Å². The number of hydrazone groups is 1. The lowest BCUT2D eigenvalue weighted by Crippen LogP contribution is -2.62. The molecule has 1 saturated heterocycles. The maximum Gasteiger partial charge on any atom is 0.256 e. The van der Waals surface area contributed by atoms with Crippen LogP contribution in [0, 0.1) is 5.82 Å². The number of anilines is 1. The highest BCUT2D eigenvalue weighted by molar-refractivity contribution is 6.08. The zero-order valence-corrected chi connectivity index (χ0v) is 18.1. The molecule has 1 N–H and O–H groups in total. The molecule has 0 aromatic heterocycles. The average molecular weight is 430 g/mol. The highest BCUT2D eigenvalue weighted by Crippen LogP contribution is 2.25. The molecule has 0 radical (unpaired) electrons. The minimum absolute atomic E-state index is 0.0294. The molecule has 31 heavy (non-hydrogen) atoms. The number of benzene rings is 1. The van der Waals surface area contributed by atoms with Crippen LogP contribution < -0.4 is 5.32 Å². The normalized spacial score (nSPS) is 24.1. The number of likely N-dealkylation sites (N-methyl/N-ethyl adjacent to an activating group) is 2. The molecule has 3 aliphatic rings. The van der Waals surface area contributed by atoms with E-state index in [2.05, 4.69) is 20.2 Å². The van der Waals surface area contributed by atoms with E-state index in [4.69, 9.17) is 4.99 Å². The van der Waals surface area contributed by atoms with Gasteiger partial charge in [-0.25, -0.2) is 9.38 Å². The average Bonchev–Trinajstić information content (AvgIpc) is 3.04. The lowest BCUT2D eigenvalue weighted by Gasteiger charge is -2.42. The summed E-state index contributed by atoms with van der Waals surface area (Å²) in [7, 11) is 1.82. The molecule has 0 saturated carbocycles. The topological polar surface area (TPSA) is 83.8 Å². The van der Waals surface area contributed by atoms with Gasteiger partial charge in [-0.2, -0.15) is 5.10 Å². The first-order chi connectivity index (χ1) is 14.9. The number of rotatable bonds is 4. The number of carbonyl (C=O) groups is 2. The standard InChI is InChI=1S/C21H28FN7O2/c1-4-29-20(31)19-18(14(2)25-26(19)3)24-21(29)28-11-9-27(10-12-28)13-17(30)23-16-7-5-15(22)6-8-16/h5-8,18-19H,4,9-13H2,1-3H3,(H,23,30)/t18-,19-/m0/s1. The lowest BCUT2D eigenvalue weighted by molar-refractivity contribution is -0.133. The van der Waals surface area contributed by atoms with Gasteiger partial charge in [0.25, 0.3) is 5.91 Å². The molecule has 2 amide bonds. The Hall–Kier alpha value is -3.01.